The van der Waals surface area contributed by atoms with Gasteiger partial charge in [-0.25, -0.2) is 0 Å². The molecule has 1 heterocycles. The fourth-order valence-corrected chi connectivity index (χ4v) is 2.36. The lowest BCUT2D eigenvalue weighted by atomic mass is 9.99. The molecule has 0 spiro atoms. The first-order valence-electron chi connectivity index (χ1n) is 4.34. The molecule has 0 radical (unpaired) electrons. The Hall–Kier alpha value is -0.140. The minimum Gasteiger partial charge on any atom is -0.394 e. The average Bonchev–Trinajstić information content (AvgIpc) is 2.20. The standard InChI is InChI=1S/C7H14O7P/c1-7(12)6(11)4(10)5(3(9)2-8)14-15(7)13/h3-6,8-12H,2H2,1H3/q+1/t3-,4+,5-,6+,7-/m1/s1. The Morgan fingerprint density at radius 2 is 2.07 bits per heavy atom. The SMILES string of the molecule is C[C@]1(O)[C@@H](O)[C@@H](O)[C@@H]([C@H](O)CO)O[P+]1=O. The molecule has 1 unspecified atom stereocenters. The number of aliphatic hydroxyl groups excluding tert-OH is 4. The highest BCUT2D eigenvalue weighted by Gasteiger charge is 2.63. The van der Waals surface area contributed by atoms with Crippen LogP contribution in [0.4, 0.5) is 0 Å². The molecule has 1 fully saturated rings. The lowest BCUT2D eigenvalue weighted by Gasteiger charge is -2.33. The minimum atomic E-state index is -2.65. The minimum absolute atomic E-state index is 0.709. The third-order valence-electron chi connectivity index (χ3n) is 2.37. The van der Waals surface area contributed by atoms with E-state index >= 15 is 0 Å². The van der Waals surface area contributed by atoms with Gasteiger partial charge in [-0.15, -0.1) is 4.52 Å². The van der Waals surface area contributed by atoms with E-state index in [1.54, 1.807) is 0 Å². The smallest absolute Gasteiger partial charge is 0.394 e. The molecule has 5 N–H and O–H groups in total. The fourth-order valence-electron chi connectivity index (χ4n) is 1.29. The van der Waals surface area contributed by atoms with Crippen molar-refractivity contribution in [3.05, 3.63) is 0 Å². The first-order valence-corrected chi connectivity index (χ1v) is 5.51. The Kier molecular flexibility index (Phi) is 3.78. The number of rotatable bonds is 2. The van der Waals surface area contributed by atoms with Crippen LogP contribution in [0.3, 0.4) is 0 Å². The van der Waals surface area contributed by atoms with Crippen LogP contribution in [0, 0.1) is 0 Å². The van der Waals surface area contributed by atoms with Gasteiger partial charge in [0.05, 0.1) is 6.61 Å². The summed E-state index contributed by atoms with van der Waals surface area (Å²) in [6, 6.07) is 0. The predicted molar refractivity (Wildman–Crippen MR) is 48.2 cm³/mol. The summed E-state index contributed by atoms with van der Waals surface area (Å²) in [6.45, 7) is 0.348. The Bertz CT molecular complexity index is 256. The maximum Gasteiger partial charge on any atom is 0.546 e. The zero-order valence-electron chi connectivity index (χ0n) is 8.02. The molecule has 0 aromatic heterocycles. The van der Waals surface area contributed by atoms with Gasteiger partial charge in [0.2, 0.25) is 0 Å². The van der Waals surface area contributed by atoms with Gasteiger partial charge in [0, 0.05) is 6.92 Å². The Labute approximate surface area is 86.8 Å². The van der Waals surface area contributed by atoms with Crippen LogP contribution >= 0.6 is 8.03 Å². The molecule has 8 heteroatoms. The topological polar surface area (TPSA) is 127 Å². The van der Waals surface area contributed by atoms with Gasteiger partial charge in [0.1, 0.15) is 12.2 Å². The molecule has 1 rings (SSSR count). The summed E-state index contributed by atoms with van der Waals surface area (Å²) in [5.41, 5.74) is 0. The monoisotopic (exact) mass is 241 g/mol. The van der Waals surface area contributed by atoms with Crippen molar-refractivity contribution in [2.45, 2.75) is 36.7 Å². The Morgan fingerprint density at radius 3 is 2.53 bits per heavy atom. The van der Waals surface area contributed by atoms with E-state index in [9.17, 15) is 25.0 Å². The molecular weight excluding hydrogens is 227 g/mol. The molecule has 0 amide bonds. The summed E-state index contributed by atoms with van der Waals surface area (Å²) >= 11 is 0. The lowest BCUT2D eigenvalue weighted by molar-refractivity contribution is -0.161. The van der Waals surface area contributed by atoms with Crippen LogP contribution in [0.5, 0.6) is 0 Å². The van der Waals surface area contributed by atoms with Gasteiger partial charge in [0.15, 0.2) is 12.2 Å². The Balaban J connectivity index is 2.87. The van der Waals surface area contributed by atoms with Gasteiger partial charge in [-0.2, -0.15) is 0 Å². The molecule has 7 nitrogen and oxygen atoms in total. The summed E-state index contributed by atoms with van der Waals surface area (Å²) < 4.78 is 16.0. The van der Waals surface area contributed by atoms with Gasteiger partial charge in [-0.3, -0.25) is 0 Å². The van der Waals surface area contributed by atoms with Crippen molar-refractivity contribution in [1.29, 1.82) is 0 Å². The lowest BCUT2D eigenvalue weighted by Crippen LogP contribution is -2.57. The van der Waals surface area contributed by atoms with Crippen molar-refractivity contribution in [1.82, 2.24) is 0 Å². The van der Waals surface area contributed by atoms with Gasteiger partial charge >= 0.3 is 13.4 Å². The van der Waals surface area contributed by atoms with Crippen molar-refractivity contribution in [3.8, 4) is 0 Å². The van der Waals surface area contributed by atoms with Gasteiger partial charge in [-0.05, 0) is 4.57 Å². The zero-order chi connectivity index (χ0) is 11.8. The van der Waals surface area contributed by atoms with Crippen molar-refractivity contribution >= 4 is 8.03 Å². The maximum atomic E-state index is 11.3. The van der Waals surface area contributed by atoms with Crippen molar-refractivity contribution < 1.29 is 34.6 Å². The first kappa shape index (κ1) is 12.9. The van der Waals surface area contributed by atoms with E-state index in [2.05, 4.69) is 4.52 Å². The van der Waals surface area contributed by atoms with Crippen LogP contribution in [0.15, 0.2) is 0 Å². The molecule has 0 bridgehead atoms. The van der Waals surface area contributed by atoms with Crippen LogP contribution in [-0.4, -0.2) is 61.9 Å². The quantitative estimate of drug-likeness (QED) is 0.351. The van der Waals surface area contributed by atoms with E-state index in [0.29, 0.717) is 0 Å². The summed E-state index contributed by atoms with van der Waals surface area (Å²) in [6.07, 6.45) is -6.17. The normalized spacial score (nSPS) is 46.5. The Morgan fingerprint density at radius 1 is 1.53 bits per heavy atom. The molecular formula is C7H14O7P+. The van der Waals surface area contributed by atoms with Crippen LogP contribution in [0.1, 0.15) is 6.92 Å². The van der Waals surface area contributed by atoms with Gasteiger partial charge in [0.25, 0.3) is 0 Å². The second kappa shape index (κ2) is 4.39. The molecule has 6 atom stereocenters. The summed E-state index contributed by atoms with van der Waals surface area (Å²) in [4.78, 5) is 0. The molecule has 15 heavy (non-hydrogen) atoms. The maximum absolute atomic E-state index is 11.3. The van der Waals surface area contributed by atoms with E-state index in [4.69, 9.17) is 5.11 Å². The van der Waals surface area contributed by atoms with E-state index < -0.39 is 44.4 Å². The largest absolute Gasteiger partial charge is 0.546 e. The van der Waals surface area contributed by atoms with Gasteiger partial charge in [-0.1, -0.05) is 0 Å². The highest BCUT2D eigenvalue weighted by atomic mass is 31.1. The predicted octanol–water partition coefficient (Wildman–Crippen LogP) is -2.09. The third kappa shape index (κ3) is 2.19. The summed E-state index contributed by atoms with van der Waals surface area (Å²) in [5, 5.41) is 44.1. The van der Waals surface area contributed by atoms with E-state index in [1.165, 1.54) is 0 Å². The van der Waals surface area contributed by atoms with E-state index in [0.717, 1.165) is 6.92 Å². The van der Waals surface area contributed by atoms with Crippen LogP contribution in [0.2, 0.25) is 0 Å². The first-order chi connectivity index (χ1) is 6.82. The summed E-state index contributed by atoms with van der Waals surface area (Å²) in [7, 11) is -2.65. The van der Waals surface area contributed by atoms with Crippen molar-refractivity contribution in [2.24, 2.45) is 0 Å². The van der Waals surface area contributed by atoms with E-state index in [1.807, 2.05) is 0 Å². The number of hydrogen-bond acceptors (Lipinski definition) is 7. The molecule has 0 aromatic rings. The number of aliphatic hydroxyl groups is 5. The second-order valence-electron chi connectivity index (χ2n) is 3.61. The molecule has 1 aliphatic heterocycles. The van der Waals surface area contributed by atoms with E-state index in [-0.39, 0.29) is 0 Å². The van der Waals surface area contributed by atoms with Crippen LogP contribution in [-0.2, 0) is 9.09 Å². The van der Waals surface area contributed by atoms with Crippen LogP contribution < -0.4 is 0 Å². The van der Waals surface area contributed by atoms with Crippen molar-refractivity contribution in [2.75, 3.05) is 6.61 Å². The fraction of sp³-hybridized carbons (Fsp3) is 1.00. The second-order valence-corrected chi connectivity index (χ2v) is 5.24. The highest BCUT2D eigenvalue weighted by Crippen LogP contribution is 2.47. The van der Waals surface area contributed by atoms with Gasteiger partial charge < -0.3 is 25.5 Å². The average molecular weight is 241 g/mol. The highest BCUT2D eigenvalue weighted by molar-refractivity contribution is 7.41. The molecule has 88 valence electrons. The van der Waals surface area contributed by atoms with Crippen molar-refractivity contribution in [3.63, 3.8) is 0 Å². The molecule has 0 saturated carbocycles. The zero-order valence-corrected chi connectivity index (χ0v) is 8.91. The summed E-state index contributed by atoms with van der Waals surface area (Å²) in [5.74, 6) is 0. The van der Waals surface area contributed by atoms with Crippen LogP contribution in [0.25, 0.3) is 0 Å². The molecule has 1 saturated heterocycles. The molecule has 0 aromatic carbocycles. The number of hydrogen-bond donors (Lipinski definition) is 5. The molecule has 0 aliphatic carbocycles. The third-order valence-corrected chi connectivity index (χ3v) is 3.81. The molecule has 1 aliphatic rings.